The maximum Gasteiger partial charge on any atom is 0.186 e. The lowest BCUT2D eigenvalue weighted by Crippen LogP contribution is -2.59. The van der Waals surface area contributed by atoms with Gasteiger partial charge in [0, 0.05) is 0 Å². The number of aliphatic hydroxyl groups excluding tert-OH is 5. The van der Waals surface area contributed by atoms with Crippen LogP contribution in [-0.4, -0.2) is 75.1 Å². The zero-order chi connectivity index (χ0) is 19.6. The highest BCUT2D eigenvalue weighted by atomic mass is 16.7. The fourth-order valence-electron chi connectivity index (χ4n) is 3.85. The Balaban J connectivity index is 2.12. The van der Waals surface area contributed by atoms with Gasteiger partial charge in [0.15, 0.2) is 6.29 Å². The Morgan fingerprint density at radius 3 is 2.42 bits per heavy atom. The molecule has 7 atom stereocenters. The van der Waals surface area contributed by atoms with E-state index in [0.29, 0.717) is 12.8 Å². The van der Waals surface area contributed by atoms with Crippen molar-refractivity contribution >= 4 is 0 Å². The van der Waals surface area contributed by atoms with Gasteiger partial charge < -0.3 is 35.0 Å². The Bertz CT molecular complexity index is 538. The van der Waals surface area contributed by atoms with Crippen molar-refractivity contribution < 1.29 is 35.0 Å². The van der Waals surface area contributed by atoms with E-state index in [1.54, 1.807) is 13.0 Å². The van der Waals surface area contributed by atoms with Crippen LogP contribution in [0.15, 0.2) is 23.3 Å². The maximum atomic E-state index is 10.2. The number of aliphatic hydroxyl groups is 5. The van der Waals surface area contributed by atoms with Gasteiger partial charge in [-0.15, -0.1) is 0 Å². The molecular formula is C19H32O7. The van der Waals surface area contributed by atoms with Crippen molar-refractivity contribution in [1.29, 1.82) is 0 Å². The molecule has 0 amide bonds. The summed E-state index contributed by atoms with van der Waals surface area (Å²) in [5.41, 5.74) is 2.06. The van der Waals surface area contributed by atoms with Crippen LogP contribution in [0.5, 0.6) is 0 Å². The summed E-state index contributed by atoms with van der Waals surface area (Å²) < 4.78 is 11.4. The molecule has 26 heavy (non-hydrogen) atoms. The molecule has 7 nitrogen and oxygen atoms in total. The third-order valence-electron chi connectivity index (χ3n) is 5.18. The first-order valence-electron chi connectivity index (χ1n) is 9.09. The number of ether oxygens (including phenoxy) is 2. The van der Waals surface area contributed by atoms with Gasteiger partial charge >= 0.3 is 0 Å². The molecule has 0 aromatic rings. The molecule has 7 heteroatoms. The standard InChI is InChI=1S/C19H32O7/c1-10-7-12(8-19(3,4)13(10)6-5-11(2)21)25-18-17(24)16(23)15(22)14(9-20)26-18/h5-6,11-12,14-18,20-24H,7-9H2,1-4H3/b6-5+/t11?,12?,14-,15-,16+,17-,18-/m1/s1. The molecule has 2 aliphatic rings. The van der Waals surface area contributed by atoms with Crippen molar-refractivity contribution in [2.75, 3.05) is 6.61 Å². The van der Waals surface area contributed by atoms with E-state index in [1.165, 1.54) is 0 Å². The Morgan fingerprint density at radius 2 is 1.88 bits per heavy atom. The zero-order valence-electron chi connectivity index (χ0n) is 15.9. The van der Waals surface area contributed by atoms with E-state index in [4.69, 9.17) is 9.47 Å². The summed E-state index contributed by atoms with van der Waals surface area (Å²) >= 11 is 0. The molecule has 0 saturated carbocycles. The molecule has 2 unspecified atom stereocenters. The summed E-state index contributed by atoms with van der Waals surface area (Å²) in [4.78, 5) is 0. The second-order valence-corrected chi connectivity index (χ2v) is 8.04. The minimum atomic E-state index is -1.44. The van der Waals surface area contributed by atoms with Gasteiger partial charge in [-0.2, -0.15) is 0 Å². The molecule has 1 heterocycles. The zero-order valence-corrected chi connectivity index (χ0v) is 15.9. The van der Waals surface area contributed by atoms with E-state index in [2.05, 4.69) is 13.8 Å². The van der Waals surface area contributed by atoms with Crippen LogP contribution in [0.25, 0.3) is 0 Å². The van der Waals surface area contributed by atoms with Gasteiger partial charge in [0.2, 0.25) is 0 Å². The smallest absolute Gasteiger partial charge is 0.186 e. The van der Waals surface area contributed by atoms with Gasteiger partial charge in [-0.1, -0.05) is 31.6 Å². The minimum absolute atomic E-state index is 0.202. The van der Waals surface area contributed by atoms with Crippen molar-refractivity contribution in [3.63, 3.8) is 0 Å². The van der Waals surface area contributed by atoms with Gasteiger partial charge in [0.25, 0.3) is 0 Å². The monoisotopic (exact) mass is 372 g/mol. The summed E-state index contributed by atoms with van der Waals surface area (Å²) in [6, 6.07) is 0. The van der Waals surface area contributed by atoms with Crippen LogP contribution < -0.4 is 0 Å². The summed E-state index contributed by atoms with van der Waals surface area (Å²) in [5, 5.41) is 48.7. The Labute approximate surface area is 154 Å². The lowest BCUT2D eigenvalue weighted by molar-refractivity contribution is -0.313. The summed E-state index contributed by atoms with van der Waals surface area (Å²) in [7, 11) is 0. The lowest BCUT2D eigenvalue weighted by atomic mass is 9.71. The van der Waals surface area contributed by atoms with Crippen LogP contribution in [0.2, 0.25) is 0 Å². The van der Waals surface area contributed by atoms with Crippen LogP contribution in [-0.2, 0) is 9.47 Å². The second kappa shape index (κ2) is 8.48. The van der Waals surface area contributed by atoms with E-state index < -0.39 is 43.4 Å². The van der Waals surface area contributed by atoms with E-state index in [1.807, 2.05) is 13.0 Å². The number of rotatable bonds is 5. The lowest BCUT2D eigenvalue weighted by Gasteiger charge is -2.43. The quantitative estimate of drug-likeness (QED) is 0.469. The van der Waals surface area contributed by atoms with Crippen LogP contribution in [0.4, 0.5) is 0 Å². The van der Waals surface area contributed by atoms with Crippen molar-refractivity contribution in [3.8, 4) is 0 Å². The predicted molar refractivity (Wildman–Crippen MR) is 95.2 cm³/mol. The molecule has 0 bridgehead atoms. The van der Waals surface area contributed by atoms with Crippen molar-refractivity contribution in [2.45, 2.75) is 83.5 Å². The highest BCUT2D eigenvalue weighted by Crippen LogP contribution is 2.42. The first-order chi connectivity index (χ1) is 12.1. The molecule has 150 valence electrons. The number of hydrogen-bond acceptors (Lipinski definition) is 7. The Hall–Kier alpha value is -0.800. The fraction of sp³-hybridized carbons (Fsp3) is 0.789. The minimum Gasteiger partial charge on any atom is -0.394 e. The first kappa shape index (κ1) is 21.5. The molecule has 1 fully saturated rings. The van der Waals surface area contributed by atoms with E-state index in [0.717, 1.165) is 11.1 Å². The summed E-state index contributed by atoms with van der Waals surface area (Å²) in [6.07, 6.45) is -2.09. The van der Waals surface area contributed by atoms with Crippen molar-refractivity contribution in [3.05, 3.63) is 23.3 Å². The molecular weight excluding hydrogens is 340 g/mol. The number of hydrogen-bond donors (Lipinski definition) is 5. The molecule has 0 aromatic carbocycles. The van der Waals surface area contributed by atoms with E-state index in [9.17, 15) is 25.5 Å². The van der Waals surface area contributed by atoms with Gasteiger partial charge in [-0.05, 0) is 37.7 Å². The van der Waals surface area contributed by atoms with Crippen LogP contribution in [0.1, 0.15) is 40.5 Å². The van der Waals surface area contributed by atoms with Gasteiger partial charge in [0.05, 0.1) is 18.8 Å². The predicted octanol–water partition coefficient (Wildman–Crippen LogP) is 0.245. The van der Waals surface area contributed by atoms with Crippen LogP contribution in [0, 0.1) is 5.41 Å². The molecule has 0 aromatic heterocycles. The molecule has 0 radical (unpaired) electrons. The fourth-order valence-corrected chi connectivity index (χ4v) is 3.85. The maximum absolute atomic E-state index is 10.2. The third-order valence-corrected chi connectivity index (χ3v) is 5.18. The topological polar surface area (TPSA) is 120 Å². The van der Waals surface area contributed by atoms with Crippen molar-refractivity contribution in [1.82, 2.24) is 0 Å². The molecule has 5 N–H and O–H groups in total. The average Bonchev–Trinajstić information content (AvgIpc) is 2.53. The summed E-state index contributed by atoms with van der Waals surface area (Å²) in [5.74, 6) is 0. The Kier molecular flexibility index (Phi) is 7.01. The normalized spacial score (nSPS) is 39.4. The molecule has 1 saturated heterocycles. The van der Waals surface area contributed by atoms with Gasteiger partial charge in [-0.25, -0.2) is 0 Å². The second-order valence-electron chi connectivity index (χ2n) is 8.04. The van der Waals surface area contributed by atoms with E-state index >= 15 is 0 Å². The van der Waals surface area contributed by atoms with Gasteiger partial charge in [0.1, 0.15) is 24.4 Å². The van der Waals surface area contributed by atoms with E-state index in [-0.39, 0.29) is 11.5 Å². The van der Waals surface area contributed by atoms with Crippen LogP contribution in [0.3, 0.4) is 0 Å². The van der Waals surface area contributed by atoms with Crippen LogP contribution >= 0.6 is 0 Å². The molecule has 0 spiro atoms. The third kappa shape index (κ3) is 4.72. The Morgan fingerprint density at radius 1 is 1.23 bits per heavy atom. The summed E-state index contributed by atoms with van der Waals surface area (Å²) in [6.45, 7) is 7.40. The highest BCUT2D eigenvalue weighted by molar-refractivity contribution is 5.34. The van der Waals surface area contributed by atoms with Gasteiger partial charge in [-0.3, -0.25) is 0 Å². The number of allylic oxidation sites excluding steroid dienone is 2. The average molecular weight is 372 g/mol. The van der Waals surface area contributed by atoms with Crippen molar-refractivity contribution in [2.24, 2.45) is 5.41 Å². The highest BCUT2D eigenvalue weighted by Gasteiger charge is 2.45. The molecule has 1 aliphatic carbocycles. The molecule has 2 rings (SSSR count). The largest absolute Gasteiger partial charge is 0.394 e. The molecule has 1 aliphatic heterocycles. The first-order valence-corrected chi connectivity index (χ1v) is 9.09. The SMILES string of the molecule is CC1=C(/C=C/C(C)O)C(C)(C)CC(O[C@@H]2O[C@H](CO)[C@@H](O)[C@H](O)[C@H]2O)C1.